The number of para-hydroxylation sites is 2. The predicted octanol–water partition coefficient (Wildman–Crippen LogP) is 10.4. The topological polar surface area (TPSA) is 186 Å². The van der Waals surface area contributed by atoms with Crippen LogP contribution in [0.25, 0.3) is 0 Å². The third-order valence-corrected chi connectivity index (χ3v) is 10.2. The van der Waals surface area contributed by atoms with Gasteiger partial charge in [0.25, 0.3) is 0 Å². The summed E-state index contributed by atoms with van der Waals surface area (Å²) in [5.74, 6) is -4.85. The van der Waals surface area contributed by atoms with E-state index in [2.05, 4.69) is 39.8 Å². The van der Waals surface area contributed by atoms with E-state index < -0.39 is 34.9 Å². The normalized spacial score (nSPS) is 11.1. The Labute approximate surface area is 373 Å². The van der Waals surface area contributed by atoms with Crippen molar-refractivity contribution >= 4 is 34.7 Å². The zero-order valence-corrected chi connectivity index (χ0v) is 37.9. The zero-order valence-electron chi connectivity index (χ0n) is 36.9. The van der Waals surface area contributed by atoms with E-state index in [-0.39, 0.29) is 27.6 Å². The number of unbranched alkanes of at least 4 members (excludes halogenated alkanes) is 7. The Morgan fingerprint density at radius 2 is 0.902 bits per heavy atom. The van der Waals surface area contributed by atoms with E-state index >= 15 is 0 Å². The van der Waals surface area contributed by atoms with Crippen LogP contribution >= 0.6 is 0 Å². The maximum Gasteiger partial charge on any atom is 2.00 e. The number of carboxylic acids is 2. The van der Waals surface area contributed by atoms with E-state index in [9.17, 15) is 40.2 Å². The fourth-order valence-corrected chi connectivity index (χ4v) is 6.90. The number of phenolic OH excluding ortho intramolecular Hbond substituents is 2. The van der Waals surface area contributed by atoms with Gasteiger partial charge >= 0.3 is 16.5 Å². The van der Waals surface area contributed by atoms with Crippen LogP contribution in [-0.4, -0.2) is 43.8 Å². The largest absolute Gasteiger partial charge is 2.00 e. The number of phenols is 4. The third-order valence-electron chi connectivity index (χ3n) is 10.2. The minimum absolute atomic E-state index is 0. The maximum absolute atomic E-state index is 11.1. The molecule has 0 heterocycles. The number of aliphatic imine (C=N–C) groups is 2. The number of carboxylic acid groups (broad SMARTS) is 2. The number of carbonyl (C=O) groups is 2. The molecule has 0 atom stereocenters. The molecule has 0 radical (unpaired) electrons. The molecule has 11 heteroatoms. The van der Waals surface area contributed by atoms with Crippen molar-refractivity contribution in [2.24, 2.45) is 9.98 Å². The molecule has 0 amide bonds. The molecule has 0 spiro atoms. The minimum Gasteiger partial charge on any atom is -0.545 e. The van der Waals surface area contributed by atoms with Crippen LogP contribution in [-0.2, 0) is 42.2 Å². The van der Waals surface area contributed by atoms with Crippen LogP contribution in [0.4, 0.5) is 11.4 Å². The van der Waals surface area contributed by atoms with Gasteiger partial charge < -0.3 is 40.2 Å². The van der Waals surface area contributed by atoms with E-state index in [4.69, 9.17) is 9.98 Å². The number of benzene rings is 4. The molecule has 4 N–H and O–H groups in total. The molecule has 10 nitrogen and oxygen atoms in total. The Bertz CT molecular complexity index is 1900. The van der Waals surface area contributed by atoms with Crippen LogP contribution in [0.15, 0.2) is 82.8 Å². The van der Waals surface area contributed by atoms with Crippen molar-refractivity contribution in [2.75, 3.05) is 0 Å². The molecule has 0 aromatic heterocycles. The summed E-state index contributed by atoms with van der Waals surface area (Å²) in [5, 5.41) is 60.6. The molecule has 0 aliphatic heterocycles. The second-order valence-corrected chi connectivity index (χ2v) is 14.7. The smallest absolute Gasteiger partial charge is 0.545 e. The van der Waals surface area contributed by atoms with Gasteiger partial charge in [0.05, 0.1) is 34.7 Å². The zero-order chi connectivity index (χ0) is 44.5. The molecular weight excluding hydrogens is 815 g/mol. The van der Waals surface area contributed by atoms with Gasteiger partial charge in [-0.2, -0.15) is 0 Å². The molecule has 4 rings (SSSR count). The molecular formula is C50H66N2NiO8. The monoisotopic (exact) mass is 880 g/mol. The fourth-order valence-electron chi connectivity index (χ4n) is 6.90. The van der Waals surface area contributed by atoms with Crippen LogP contribution in [0.2, 0.25) is 0 Å². The predicted molar refractivity (Wildman–Crippen MR) is 240 cm³/mol. The number of aryl methyl sites for hydroxylation is 2. The Hall–Kier alpha value is -5.15. The Morgan fingerprint density at radius 3 is 1.25 bits per heavy atom. The molecule has 0 bridgehead atoms. The van der Waals surface area contributed by atoms with Crippen molar-refractivity contribution in [3.8, 4) is 23.0 Å². The first-order chi connectivity index (χ1) is 28.9. The summed E-state index contributed by atoms with van der Waals surface area (Å²) >= 11 is 0. The first-order valence-corrected chi connectivity index (χ1v) is 21.7. The van der Waals surface area contributed by atoms with Gasteiger partial charge in [-0.05, 0) is 116 Å². The van der Waals surface area contributed by atoms with Gasteiger partial charge in [0, 0.05) is 11.1 Å². The van der Waals surface area contributed by atoms with Crippen LogP contribution in [0.5, 0.6) is 23.0 Å². The Morgan fingerprint density at radius 1 is 0.525 bits per heavy atom. The van der Waals surface area contributed by atoms with Crippen LogP contribution in [0, 0.1) is 0 Å². The second-order valence-electron chi connectivity index (χ2n) is 14.7. The summed E-state index contributed by atoms with van der Waals surface area (Å²) in [7, 11) is 0. The Kier molecular flexibility index (Phi) is 26.5. The first-order valence-electron chi connectivity index (χ1n) is 21.7. The van der Waals surface area contributed by atoms with Gasteiger partial charge in [-0.3, -0.25) is 9.98 Å². The number of nitrogens with zero attached hydrogens (tertiary/aromatic N) is 2. The number of hydrogen-bond donors (Lipinski definition) is 4. The molecule has 61 heavy (non-hydrogen) atoms. The summed E-state index contributed by atoms with van der Waals surface area (Å²) in [6, 6.07) is 23.3. The van der Waals surface area contributed by atoms with E-state index in [0.717, 1.165) is 85.3 Å². The van der Waals surface area contributed by atoms with Crippen molar-refractivity contribution < 1.29 is 56.7 Å². The average Bonchev–Trinajstić information content (AvgIpc) is 3.24. The molecule has 4 aromatic rings. The number of aromatic hydroxyl groups is 4. The average molecular weight is 882 g/mol. The molecule has 0 saturated carbocycles. The molecule has 0 unspecified atom stereocenters. The van der Waals surface area contributed by atoms with Crippen LogP contribution in [0.1, 0.15) is 162 Å². The van der Waals surface area contributed by atoms with E-state index in [1.165, 1.54) is 37.8 Å². The van der Waals surface area contributed by atoms with Gasteiger partial charge in [0.15, 0.2) is 23.0 Å². The van der Waals surface area contributed by atoms with Crippen molar-refractivity contribution in [3.05, 3.63) is 106 Å². The van der Waals surface area contributed by atoms with Gasteiger partial charge in [-0.1, -0.05) is 123 Å². The maximum atomic E-state index is 11.1. The molecule has 0 aliphatic rings. The van der Waals surface area contributed by atoms with Crippen molar-refractivity contribution in [1.29, 1.82) is 0 Å². The van der Waals surface area contributed by atoms with Crippen molar-refractivity contribution in [1.82, 2.24) is 0 Å². The molecule has 0 aliphatic carbocycles. The van der Waals surface area contributed by atoms with E-state index in [1.54, 1.807) is 0 Å². The van der Waals surface area contributed by atoms with Gasteiger partial charge in [-0.25, -0.2) is 0 Å². The van der Waals surface area contributed by atoms with Crippen molar-refractivity contribution in [2.45, 2.75) is 144 Å². The summed E-state index contributed by atoms with van der Waals surface area (Å²) in [6.45, 7) is 12.3. The van der Waals surface area contributed by atoms with Gasteiger partial charge in [0.1, 0.15) is 0 Å². The number of rotatable bonds is 21. The van der Waals surface area contributed by atoms with Crippen molar-refractivity contribution in [3.63, 3.8) is 0 Å². The third kappa shape index (κ3) is 17.8. The molecule has 334 valence electrons. The number of aromatic carboxylic acids is 2. The minimum atomic E-state index is -1.44. The number of hydrogen-bond acceptors (Lipinski definition) is 10. The second kappa shape index (κ2) is 30.0. The fraction of sp³-hybridized carbons (Fsp3) is 0.440. The number of carbonyl (C=O) groups excluding carboxylic acids is 2. The standard InChI is InChI=1S/C22H28N2.2C14H20O4.Ni/c1-3-5-6-13-18-22(24-20-16-11-8-12-17-20)21(4-2)23-19-14-9-7-10-15-19;2*1-3-5-6-7-10-9(4-2)8-11(15)13(16)12(10)14(17)18;/h7-12,14-17H,3-6,13,18H2,1-2H3;2*8,15-16H,3-7H2,1-2H3,(H,17,18);/q;;;+2/p-2. The van der Waals surface area contributed by atoms with Crippen LogP contribution < -0.4 is 10.2 Å². The Balaban J connectivity index is 0.000000461. The van der Waals surface area contributed by atoms with Crippen LogP contribution in [0.3, 0.4) is 0 Å². The van der Waals surface area contributed by atoms with Gasteiger partial charge in [-0.15, -0.1) is 0 Å². The molecule has 4 aromatic carbocycles. The summed E-state index contributed by atoms with van der Waals surface area (Å²) in [6.07, 6.45) is 15.0. The first kappa shape index (κ1) is 53.9. The van der Waals surface area contributed by atoms with E-state index in [0.29, 0.717) is 36.8 Å². The summed E-state index contributed by atoms with van der Waals surface area (Å²) < 4.78 is 0. The molecule has 0 fully saturated rings. The van der Waals surface area contributed by atoms with E-state index in [1.807, 2.05) is 62.4 Å². The van der Waals surface area contributed by atoms with Gasteiger partial charge in [0.2, 0.25) is 0 Å². The summed E-state index contributed by atoms with van der Waals surface area (Å²) in [5.41, 5.74) is 6.39. The molecule has 0 saturated heterocycles. The summed E-state index contributed by atoms with van der Waals surface area (Å²) in [4.78, 5) is 32.0. The quantitative estimate of drug-likeness (QED) is 0.0276. The SMILES string of the molecule is CCCCCCC(=Nc1ccccc1)C(CC)=Nc1ccccc1.CCCCCc1c(CC)cc(O)c(O)c1C(=O)[O-].CCCCCc1c(CC)cc(O)c(O)c1C(=O)[O-].[Ni+2].